The van der Waals surface area contributed by atoms with Crippen LogP contribution in [0.15, 0.2) is 10.1 Å². The third-order valence-electron chi connectivity index (χ3n) is 5.48. The monoisotopic (exact) mass is 299 g/mol. The molecular formula is C14H15Cl2NO2. The zero-order chi connectivity index (χ0) is 13.3. The first-order valence-electron chi connectivity index (χ1n) is 6.99. The minimum Gasteiger partial charge on any atom is -0.269 e. The fraction of sp³-hybridized carbons (Fsp3) is 0.714. The van der Waals surface area contributed by atoms with Crippen LogP contribution in [0.25, 0.3) is 0 Å². The van der Waals surface area contributed by atoms with Crippen molar-refractivity contribution >= 4 is 35.0 Å². The van der Waals surface area contributed by atoms with E-state index in [-0.39, 0.29) is 27.9 Å². The highest BCUT2D eigenvalue weighted by Gasteiger charge is 2.54. The first-order chi connectivity index (χ1) is 9.06. The van der Waals surface area contributed by atoms with Crippen LogP contribution < -0.4 is 0 Å². The molecule has 0 atom stereocenters. The molecule has 4 fully saturated rings. The van der Waals surface area contributed by atoms with Crippen molar-refractivity contribution in [3.63, 3.8) is 0 Å². The van der Waals surface area contributed by atoms with Gasteiger partial charge in [0.25, 0.3) is 11.8 Å². The van der Waals surface area contributed by atoms with Gasteiger partial charge in [-0.05, 0) is 55.8 Å². The summed E-state index contributed by atoms with van der Waals surface area (Å²) in [5.74, 6) is 1.80. The third-order valence-corrected chi connectivity index (χ3v) is 6.28. The molecular weight excluding hydrogens is 285 g/mol. The molecule has 0 saturated heterocycles. The van der Waals surface area contributed by atoms with Gasteiger partial charge in [0.05, 0.1) is 0 Å². The van der Waals surface area contributed by atoms with Gasteiger partial charge in [0.2, 0.25) is 0 Å². The minimum atomic E-state index is -0.380. The van der Waals surface area contributed by atoms with Crippen LogP contribution in [0, 0.1) is 23.7 Å². The number of imide groups is 1. The standard InChI is InChI=1S/C14H15Cl2NO2/c15-10-11(16)14(19)17(13(10)18)12-8-2-6-1-7(4-8)5-9(12)3-6/h6-9,12H,1-5H2. The summed E-state index contributed by atoms with van der Waals surface area (Å²) in [7, 11) is 0. The maximum absolute atomic E-state index is 12.2. The predicted octanol–water partition coefficient (Wildman–Crippen LogP) is 2.87. The van der Waals surface area contributed by atoms with Crippen LogP contribution in [0.2, 0.25) is 0 Å². The van der Waals surface area contributed by atoms with Crippen molar-refractivity contribution in [1.82, 2.24) is 4.90 Å². The number of halogens is 2. The maximum atomic E-state index is 12.2. The van der Waals surface area contributed by atoms with Crippen molar-refractivity contribution in [3.05, 3.63) is 10.1 Å². The number of carbonyl (C=O) groups is 2. The summed E-state index contributed by atoms with van der Waals surface area (Å²) >= 11 is 11.7. The van der Waals surface area contributed by atoms with E-state index in [1.807, 2.05) is 0 Å². The summed E-state index contributed by atoms with van der Waals surface area (Å²) in [6, 6.07) is 0.0396. The molecule has 0 aromatic heterocycles. The van der Waals surface area contributed by atoms with E-state index in [4.69, 9.17) is 23.2 Å². The Morgan fingerprint density at radius 3 is 1.63 bits per heavy atom. The molecule has 1 aliphatic heterocycles. The van der Waals surface area contributed by atoms with Crippen molar-refractivity contribution in [2.24, 2.45) is 23.7 Å². The van der Waals surface area contributed by atoms with E-state index in [2.05, 4.69) is 0 Å². The maximum Gasteiger partial charge on any atom is 0.274 e. The number of hydrogen-bond acceptors (Lipinski definition) is 2. The van der Waals surface area contributed by atoms with E-state index in [9.17, 15) is 9.59 Å². The Labute approximate surface area is 121 Å². The Bertz CT molecular complexity index is 462. The molecule has 0 aromatic rings. The van der Waals surface area contributed by atoms with Gasteiger partial charge in [-0.3, -0.25) is 14.5 Å². The van der Waals surface area contributed by atoms with Crippen LogP contribution in [0.4, 0.5) is 0 Å². The zero-order valence-corrected chi connectivity index (χ0v) is 12.0. The number of hydrogen-bond donors (Lipinski definition) is 0. The molecule has 0 unspecified atom stereocenters. The van der Waals surface area contributed by atoms with Crippen LogP contribution >= 0.6 is 23.2 Å². The Balaban J connectivity index is 1.67. The highest BCUT2D eigenvalue weighted by Crippen LogP contribution is 2.56. The molecule has 2 amide bonds. The van der Waals surface area contributed by atoms with Gasteiger partial charge in [-0.25, -0.2) is 0 Å². The summed E-state index contributed by atoms with van der Waals surface area (Å²) in [6.07, 6.45) is 5.98. The van der Waals surface area contributed by atoms with E-state index in [1.165, 1.54) is 11.3 Å². The molecule has 3 nitrogen and oxygen atoms in total. The normalized spacial score (nSPS) is 44.7. The fourth-order valence-electron chi connectivity index (χ4n) is 5.08. The molecule has 5 aliphatic rings. The average molecular weight is 300 g/mol. The molecule has 0 N–H and O–H groups in total. The molecule has 1 heterocycles. The van der Waals surface area contributed by atoms with Crippen LogP contribution in [0.5, 0.6) is 0 Å². The molecule has 0 spiro atoms. The summed E-state index contributed by atoms with van der Waals surface area (Å²) in [5, 5.41) is -0.194. The number of amides is 2. The second-order valence-corrected chi connectivity index (χ2v) is 7.29. The molecule has 19 heavy (non-hydrogen) atoms. The first-order valence-corrected chi connectivity index (χ1v) is 7.75. The summed E-state index contributed by atoms with van der Waals surface area (Å²) in [4.78, 5) is 25.7. The predicted molar refractivity (Wildman–Crippen MR) is 71.4 cm³/mol. The quantitative estimate of drug-likeness (QED) is 0.698. The van der Waals surface area contributed by atoms with Gasteiger partial charge in [-0.2, -0.15) is 0 Å². The van der Waals surface area contributed by atoms with E-state index >= 15 is 0 Å². The van der Waals surface area contributed by atoms with Gasteiger partial charge in [0.15, 0.2) is 0 Å². The smallest absolute Gasteiger partial charge is 0.269 e. The van der Waals surface area contributed by atoms with Crippen molar-refractivity contribution < 1.29 is 9.59 Å². The fourth-order valence-corrected chi connectivity index (χ4v) is 5.42. The highest BCUT2D eigenvalue weighted by molar-refractivity contribution is 6.58. The molecule has 102 valence electrons. The van der Waals surface area contributed by atoms with E-state index in [0.29, 0.717) is 11.8 Å². The van der Waals surface area contributed by atoms with Gasteiger partial charge in [0, 0.05) is 6.04 Å². The van der Waals surface area contributed by atoms with Crippen molar-refractivity contribution in [2.75, 3.05) is 0 Å². The topological polar surface area (TPSA) is 37.4 Å². The Kier molecular flexibility index (Phi) is 2.56. The van der Waals surface area contributed by atoms with Crippen LogP contribution in [0.3, 0.4) is 0 Å². The number of carbonyl (C=O) groups excluding carboxylic acids is 2. The zero-order valence-electron chi connectivity index (χ0n) is 10.4. The lowest BCUT2D eigenvalue weighted by atomic mass is 9.54. The van der Waals surface area contributed by atoms with Gasteiger partial charge >= 0.3 is 0 Å². The molecule has 4 bridgehead atoms. The Morgan fingerprint density at radius 1 is 0.789 bits per heavy atom. The summed E-state index contributed by atoms with van der Waals surface area (Å²) in [5.41, 5.74) is 0. The van der Waals surface area contributed by atoms with Crippen molar-refractivity contribution in [2.45, 2.75) is 38.1 Å². The average Bonchev–Trinajstić information content (AvgIpc) is 2.55. The van der Waals surface area contributed by atoms with Crippen LogP contribution in [0.1, 0.15) is 32.1 Å². The molecule has 0 radical (unpaired) electrons. The molecule has 4 saturated carbocycles. The van der Waals surface area contributed by atoms with E-state index < -0.39 is 0 Å². The lowest BCUT2D eigenvalue weighted by molar-refractivity contribution is -0.150. The second kappa shape index (κ2) is 3.98. The molecule has 0 aromatic carbocycles. The largest absolute Gasteiger partial charge is 0.274 e. The highest BCUT2D eigenvalue weighted by atomic mass is 35.5. The Morgan fingerprint density at radius 2 is 1.21 bits per heavy atom. The SMILES string of the molecule is O=C1C(Cl)=C(Cl)C(=O)N1C1C2CC3CC(C2)CC1C3. The van der Waals surface area contributed by atoms with Gasteiger partial charge < -0.3 is 0 Å². The van der Waals surface area contributed by atoms with Crippen molar-refractivity contribution in [3.8, 4) is 0 Å². The number of nitrogens with zero attached hydrogens (tertiary/aromatic N) is 1. The molecule has 4 aliphatic carbocycles. The van der Waals surface area contributed by atoms with Crippen LogP contribution in [-0.4, -0.2) is 22.8 Å². The van der Waals surface area contributed by atoms with Gasteiger partial charge in [-0.1, -0.05) is 23.2 Å². The number of rotatable bonds is 1. The lowest BCUT2D eigenvalue weighted by Crippen LogP contribution is -2.57. The second-order valence-electron chi connectivity index (χ2n) is 6.53. The first kappa shape index (κ1) is 12.2. The van der Waals surface area contributed by atoms with Gasteiger partial charge in [0.1, 0.15) is 10.1 Å². The summed E-state index contributed by atoms with van der Waals surface area (Å²) < 4.78 is 0. The Hall–Kier alpha value is -0.540. The van der Waals surface area contributed by atoms with E-state index in [0.717, 1.165) is 37.5 Å². The van der Waals surface area contributed by atoms with Crippen LogP contribution in [-0.2, 0) is 9.59 Å². The minimum absolute atomic E-state index is 0.0396. The summed E-state index contributed by atoms with van der Waals surface area (Å²) in [6.45, 7) is 0. The lowest BCUT2D eigenvalue weighted by Gasteiger charge is -2.56. The van der Waals surface area contributed by atoms with E-state index in [1.54, 1.807) is 0 Å². The third kappa shape index (κ3) is 1.58. The molecule has 5 heteroatoms. The van der Waals surface area contributed by atoms with Crippen molar-refractivity contribution in [1.29, 1.82) is 0 Å². The van der Waals surface area contributed by atoms with Gasteiger partial charge in [-0.15, -0.1) is 0 Å². The molecule has 5 rings (SSSR count).